The summed E-state index contributed by atoms with van der Waals surface area (Å²) in [5.41, 5.74) is -0.271. The molecule has 4 nitrogen and oxygen atoms in total. The molecule has 1 aliphatic carbocycles. The van der Waals surface area contributed by atoms with Crippen LogP contribution in [0, 0.1) is 0 Å². The Labute approximate surface area is 72.3 Å². The molecule has 0 unspecified atom stereocenters. The molecule has 0 radical (unpaired) electrons. The van der Waals surface area contributed by atoms with Crippen LogP contribution in [0.25, 0.3) is 0 Å². The zero-order valence-electron chi connectivity index (χ0n) is 7.41. The van der Waals surface area contributed by atoms with Gasteiger partial charge < -0.3 is 0 Å². The van der Waals surface area contributed by atoms with Crippen LogP contribution in [0.1, 0.15) is 32.1 Å². The van der Waals surface area contributed by atoms with Crippen molar-refractivity contribution in [1.29, 1.82) is 0 Å². The fraction of sp³-hybridized carbons (Fsp3) is 1.00. The van der Waals surface area contributed by atoms with Crippen molar-refractivity contribution in [3.63, 3.8) is 0 Å². The molecule has 0 aromatic carbocycles. The van der Waals surface area contributed by atoms with Crippen molar-refractivity contribution in [2.75, 3.05) is 13.8 Å². The lowest BCUT2D eigenvalue weighted by Gasteiger charge is -2.35. The Balaban J connectivity index is 2.05. The van der Waals surface area contributed by atoms with E-state index >= 15 is 0 Å². The lowest BCUT2D eigenvalue weighted by Crippen LogP contribution is -2.45. The second-order valence-corrected chi connectivity index (χ2v) is 3.40. The molecule has 0 aromatic rings. The van der Waals surface area contributed by atoms with Gasteiger partial charge in [-0.05, 0) is 25.7 Å². The van der Waals surface area contributed by atoms with E-state index in [2.05, 4.69) is 0 Å². The molecule has 1 saturated heterocycles. The van der Waals surface area contributed by atoms with E-state index in [0.717, 1.165) is 12.8 Å². The third kappa shape index (κ3) is 1.25. The highest BCUT2D eigenvalue weighted by atomic mass is 17.2. The second kappa shape index (κ2) is 3.30. The highest BCUT2D eigenvalue weighted by Crippen LogP contribution is 2.38. The quantitative estimate of drug-likeness (QED) is 0.561. The lowest BCUT2D eigenvalue weighted by atomic mass is 9.92. The fourth-order valence-electron chi connectivity index (χ4n) is 2.00. The first kappa shape index (κ1) is 8.44. The molecule has 0 aromatic heterocycles. The molecule has 0 amide bonds. The van der Waals surface area contributed by atoms with E-state index in [-0.39, 0.29) is 5.72 Å². The number of hydrogen-bond acceptors (Lipinski definition) is 4. The van der Waals surface area contributed by atoms with Gasteiger partial charge in [0.25, 0.3) is 0 Å². The van der Waals surface area contributed by atoms with Gasteiger partial charge in [0.1, 0.15) is 0 Å². The van der Waals surface area contributed by atoms with Crippen molar-refractivity contribution in [3.8, 4) is 0 Å². The van der Waals surface area contributed by atoms with Gasteiger partial charge in [0.2, 0.25) is 0 Å². The van der Waals surface area contributed by atoms with Gasteiger partial charge in [-0.3, -0.25) is 4.84 Å². The van der Waals surface area contributed by atoms with Gasteiger partial charge in [0.15, 0.2) is 12.5 Å². The molecule has 1 saturated carbocycles. The summed E-state index contributed by atoms with van der Waals surface area (Å²) in [7, 11) is 1.66. The minimum Gasteiger partial charge on any atom is -0.297 e. The van der Waals surface area contributed by atoms with Crippen LogP contribution >= 0.6 is 0 Å². The molecule has 2 rings (SSSR count). The number of rotatable bonds is 1. The Kier molecular flexibility index (Phi) is 2.32. The standard InChI is InChI=1S/C8H15NO3/c1-10-9-7-11-12-8(9)5-3-2-4-6-8/h2-7H2,1H3. The third-order valence-corrected chi connectivity index (χ3v) is 2.69. The molecule has 1 heterocycles. The monoisotopic (exact) mass is 173 g/mol. The summed E-state index contributed by atoms with van der Waals surface area (Å²) in [4.78, 5) is 15.4. The van der Waals surface area contributed by atoms with Gasteiger partial charge in [-0.2, -0.15) is 0 Å². The van der Waals surface area contributed by atoms with Crippen LogP contribution in [0.5, 0.6) is 0 Å². The number of hydroxylamine groups is 2. The average Bonchev–Trinajstić information content (AvgIpc) is 2.49. The highest BCUT2D eigenvalue weighted by molar-refractivity contribution is 4.81. The molecule has 2 fully saturated rings. The molecular formula is C8H15NO3. The number of hydrogen-bond donors (Lipinski definition) is 0. The summed E-state index contributed by atoms with van der Waals surface area (Å²) in [5, 5.41) is 1.80. The summed E-state index contributed by atoms with van der Waals surface area (Å²) < 4.78 is 0. The Morgan fingerprint density at radius 3 is 2.67 bits per heavy atom. The predicted octanol–water partition coefficient (Wildman–Crippen LogP) is 1.43. The van der Waals surface area contributed by atoms with E-state index in [9.17, 15) is 0 Å². The van der Waals surface area contributed by atoms with Crippen LogP contribution in [0.15, 0.2) is 0 Å². The van der Waals surface area contributed by atoms with Crippen molar-refractivity contribution < 1.29 is 14.6 Å². The van der Waals surface area contributed by atoms with E-state index in [1.54, 1.807) is 12.2 Å². The average molecular weight is 173 g/mol. The lowest BCUT2D eigenvalue weighted by molar-refractivity contribution is -0.335. The largest absolute Gasteiger partial charge is 0.297 e. The predicted molar refractivity (Wildman–Crippen MR) is 41.7 cm³/mol. The first-order chi connectivity index (χ1) is 5.87. The molecule has 1 aliphatic heterocycles. The molecule has 4 heteroatoms. The van der Waals surface area contributed by atoms with Gasteiger partial charge in [-0.25, -0.2) is 9.78 Å². The van der Waals surface area contributed by atoms with Crippen molar-refractivity contribution in [2.45, 2.75) is 37.8 Å². The van der Waals surface area contributed by atoms with Crippen molar-refractivity contribution in [2.24, 2.45) is 0 Å². The van der Waals surface area contributed by atoms with Crippen LogP contribution in [-0.4, -0.2) is 24.6 Å². The maximum atomic E-state index is 5.29. The van der Waals surface area contributed by atoms with E-state index in [4.69, 9.17) is 14.6 Å². The smallest absolute Gasteiger partial charge is 0.181 e. The summed E-state index contributed by atoms with van der Waals surface area (Å²) in [5.74, 6) is 0. The zero-order valence-corrected chi connectivity index (χ0v) is 7.41. The molecule has 0 atom stereocenters. The fourth-order valence-corrected chi connectivity index (χ4v) is 2.00. The molecule has 70 valence electrons. The van der Waals surface area contributed by atoms with Gasteiger partial charge in [0, 0.05) is 0 Å². The van der Waals surface area contributed by atoms with Crippen molar-refractivity contribution in [3.05, 3.63) is 0 Å². The van der Waals surface area contributed by atoms with Crippen LogP contribution in [0.2, 0.25) is 0 Å². The van der Waals surface area contributed by atoms with E-state index < -0.39 is 0 Å². The molecule has 12 heavy (non-hydrogen) atoms. The minimum atomic E-state index is -0.271. The topological polar surface area (TPSA) is 30.9 Å². The third-order valence-electron chi connectivity index (χ3n) is 2.69. The van der Waals surface area contributed by atoms with Crippen molar-refractivity contribution in [1.82, 2.24) is 5.06 Å². The van der Waals surface area contributed by atoms with Gasteiger partial charge in [-0.15, -0.1) is 5.06 Å². The minimum absolute atomic E-state index is 0.271. The summed E-state index contributed by atoms with van der Waals surface area (Å²) in [6.07, 6.45) is 5.72. The van der Waals surface area contributed by atoms with Gasteiger partial charge >= 0.3 is 0 Å². The Morgan fingerprint density at radius 1 is 1.25 bits per heavy atom. The van der Waals surface area contributed by atoms with Crippen LogP contribution in [0.3, 0.4) is 0 Å². The molecule has 0 bridgehead atoms. The zero-order chi connectivity index (χ0) is 8.44. The Bertz CT molecular complexity index is 156. The normalized spacial score (nSPS) is 29.8. The Morgan fingerprint density at radius 2 is 2.00 bits per heavy atom. The number of nitrogens with zero attached hydrogens (tertiary/aromatic N) is 1. The maximum Gasteiger partial charge on any atom is 0.181 e. The second-order valence-electron chi connectivity index (χ2n) is 3.40. The van der Waals surface area contributed by atoms with E-state index in [1.807, 2.05) is 0 Å². The summed E-state index contributed by atoms with van der Waals surface area (Å²) in [6, 6.07) is 0. The highest BCUT2D eigenvalue weighted by Gasteiger charge is 2.45. The van der Waals surface area contributed by atoms with Gasteiger partial charge in [-0.1, -0.05) is 6.42 Å². The molecule has 1 spiro atoms. The molecule has 2 aliphatic rings. The maximum absolute atomic E-state index is 5.29. The Hall–Kier alpha value is -0.160. The van der Waals surface area contributed by atoms with Crippen molar-refractivity contribution >= 4 is 0 Å². The van der Waals surface area contributed by atoms with E-state index in [0.29, 0.717) is 6.73 Å². The molecular weight excluding hydrogens is 158 g/mol. The summed E-state index contributed by atoms with van der Waals surface area (Å²) >= 11 is 0. The molecule has 0 N–H and O–H groups in total. The first-order valence-electron chi connectivity index (χ1n) is 4.50. The van der Waals surface area contributed by atoms with E-state index in [1.165, 1.54) is 19.3 Å². The van der Waals surface area contributed by atoms with Gasteiger partial charge in [0.05, 0.1) is 7.11 Å². The first-order valence-corrected chi connectivity index (χ1v) is 4.50. The summed E-state index contributed by atoms with van der Waals surface area (Å²) in [6.45, 7) is 0.427. The van der Waals surface area contributed by atoms with Crippen LogP contribution < -0.4 is 0 Å². The SMILES string of the molecule is CON1COOC12CCCCC2. The van der Waals surface area contributed by atoms with Crippen LogP contribution in [-0.2, 0) is 14.6 Å². The van der Waals surface area contributed by atoms with Crippen LogP contribution in [0.4, 0.5) is 0 Å².